The van der Waals surface area contributed by atoms with Crippen molar-refractivity contribution in [1.82, 2.24) is 10.2 Å². The molecule has 1 N–H and O–H groups in total. The van der Waals surface area contributed by atoms with E-state index < -0.39 is 0 Å². The topological polar surface area (TPSA) is 32.3 Å². The molecule has 0 saturated heterocycles. The van der Waals surface area contributed by atoms with Gasteiger partial charge in [-0.2, -0.15) is 0 Å². The van der Waals surface area contributed by atoms with Gasteiger partial charge in [0.05, 0.1) is 0 Å². The Labute approximate surface area is 202 Å². The molecule has 2 atom stereocenters. The molecular weight excluding hydrogens is 404 g/mol. The highest BCUT2D eigenvalue weighted by Gasteiger charge is 2.39. The van der Waals surface area contributed by atoms with Gasteiger partial charge >= 0.3 is 0 Å². The number of fused-ring (bicyclic) bond motifs is 3. The summed E-state index contributed by atoms with van der Waals surface area (Å²) < 4.78 is 0. The number of nitrogens with one attached hydrogen (secondary N) is 1. The van der Waals surface area contributed by atoms with Gasteiger partial charge in [0, 0.05) is 35.8 Å². The minimum absolute atomic E-state index is 0.0776. The second-order valence-corrected chi connectivity index (χ2v) is 9.29. The third kappa shape index (κ3) is 5.51. The number of carbonyl (C=O) groups is 1. The van der Waals surface area contributed by atoms with Crippen molar-refractivity contribution in [1.29, 1.82) is 0 Å². The van der Waals surface area contributed by atoms with E-state index in [-0.39, 0.29) is 17.4 Å². The maximum absolute atomic E-state index is 13.5. The van der Waals surface area contributed by atoms with E-state index in [2.05, 4.69) is 93.5 Å². The Morgan fingerprint density at radius 1 is 1.12 bits per heavy atom. The molecule has 2 aliphatic rings. The second kappa shape index (κ2) is 11.5. The van der Waals surface area contributed by atoms with Crippen LogP contribution in [0.25, 0.3) is 10.8 Å². The summed E-state index contributed by atoms with van der Waals surface area (Å²) in [6, 6.07) is 11.4. The molecule has 2 aromatic rings. The normalized spacial score (nSPS) is 19.3. The number of hydrogen-bond acceptors (Lipinski definition) is 2. The van der Waals surface area contributed by atoms with Crippen LogP contribution in [0.2, 0.25) is 0 Å². The molecule has 0 fully saturated rings. The lowest BCUT2D eigenvalue weighted by molar-refractivity contribution is 0.0607. The standard InChI is InChI=1S/C26H32N2O.2C2H6/c1-6-18(3)28-16-26(4,5)24-22-10-8-7-9-21(22)20(14-23(24)25(28)29)13-19-12-11-17(2)27-15-19;2*1-2/h7-12,14-15,17-18,27H,6,13,16H2,1-5H3;2*1-2H3. The maximum Gasteiger partial charge on any atom is 0.254 e. The van der Waals surface area contributed by atoms with Crippen LogP contribution in [0.15, 0.2) is 54.3 Å². The fraction of sp³-hybridized carbons (Fsp3) is 0.500. The van der Waals surface area contributed by atoms with Crippen LogP contribution in [0.4, 0.5) is 0 Å². The van der Waals surface area contributed by atoms with Crippen LogP contribution in [-0.2, 0) is 11.8 Å². The van der Waals surface area contributed by atoms with Crippen LogP contribution in [0.1, 0.15) is 90.2 Å². The zero-order chi connectivity index (χ0) is 24.8. The molecule has 0 bridgehead atoms. The Hall–Kier alpha value is -2.55. The highest BCUT2D eigenvalue weighted by atomic mass is 16.2. The fourth-order valence-corrected chi connectivity index (χ4v) is 4.74. The predicted octanol–water partition coefficient (Wildman–Crippen LogP) is 7.40. The van der Waals surface area contributed by atoms with Crippen LogP contribution in [0.3, 0.4) is 0 Å². The number of amides is 1. The zero-order valence-electron chi connectivity index (χ0n) is 22.3. The van der Waals surface area contributed by atoms with Crippen LogP contribution in [-0.4, -0.2) is 29.4 Å². The van der Waals surface area contributed by atoms with Crippen molar-refractivity contribution >= 4 is 16.7 Å². The van der Waals surface area contributed by atoms with Gasteiger partial charge < -0.3 is 10.2 Å². The second-order valence-electron chi connectivity index (χ2n) is 9.29. The lowest BCUT2D eigenvalue weighted by atomic mass is 9.74. The molecule has 2 unspecified atom stereocenters. The van der Waals surface area contributed by atoms with Crippen LogP contribution in [0.5, 0.6) is 0 Å². The first kappa shape index (κ1) is 26.7. The first-order valence-corrected chi connectivity index (χ1v) is 12.8. The smallest absolute Gasteiger partial charge is 0.254 e. The highest BCUT2D eigenvalue weighted by molar-refractivity contribution is 6.05. The Morgan fingerprint density at radius 3 is 2.33 bits per heavy atom. The van der Waals surface area contributed by atoms with Gasteiger partial charge in [0.1, 0.15) is 0 Å². The molecule has 1 amide bonds. The average molecular weight is 449 g/mol. The summed E-state index contributed by atoms with van der Waals surface area (Å²) in [6.45, 7) is 19.8. The minimum Gasteiger partial charge on any atom is -0.385 e. The number of dihydropyridines is 1. The highest BCUT2D eigenvalue weighted by Crippen LogP contribution is 2.41. The summed E-state index contributed by atoms with van der Waals surface area (Å²) >= 11 is 0. The molecule has 3 heteroatoms. The van der Waals surface area contributed by atoms with Crippen molar-refractivity contribution in [2.75, 3.05) is 6.54 Å². The molecule has 2 aromatic carbocycles. The van der Waals surface area contributed by atoms with E-state index in [0.717, 1.165) is 24.9 Å². The summed E-state index contributed by atoms with van der Waals surface area (Å²) in [5.41, 5.74) is 4.49. The first-order valence-electron chi connectivity index (χ1n) is 12.8. The molecule has 0 aromatic heterocycles. The Kier molecular flexibility index (Phi) is 9.34. The minimum atomic E-state index is -0.0776. The number of hydrogen-bond donors (Lipinski definition) is 1. The van der Waals surface area contributed by atoms with E-state index >= 15 is 0 Å². The predicted molar refractivity (Wildman–Crippen MR) is 144 cm³/mol. The number of nitrogens with zero attached hydrogens (tertiary/aromatic N) is 1. The van der Waals surface area contributed by atoms with Gasteiger partial charge in [0.25, 0.3) is 5.91 Å². The first-order chi connectivity index (χ1) is 15.8. The molecule has 2 heterocycles. The third-order valence-corrected chi connectivity index (χ3v) is 6.51. The van der Waals surface area contributed by atoms with Crippen molar-refractivity contribution in [2.45, 2.75) is 92.7 Å². The van der Waals surface area contributed by atoms with Gasteiger partial charge in [0.2, 0.25) is 0 Å². The SMILES string of the molecule is CC.CC.CCC(C)N1CC(C)(C)c2c(cc(CC3=CNC(C)C=C3)c3ccccc23)C1=O. The number of allylic oxidation sites excluding steroid dienone is 2. The molecule has 2 aliphatic heterocycles. The van der Waals surface area contributed by atoms with Gasteiger partial charge in [-0.15, -0.1) is 0 Å². The van der Waals surface area contributed by atoms with Crippen molar-refractivity contribution in [3.8, 4) is 0 Å². The van der Waals surface area contributed by atoms with Crippen molar-refractivity contribution in [3.63, 3.8) is 0 Å². The van der Waals surface area contributed by atoms with Crippen molar-refractivity contribution in [3.05, 3.63) is 70.9 Å². The summed E-state index contributed by atoms with van der Waals surface area (Å²) in [5, 5.41) is 5.88. The summed E-state index contributed by atoms with van der Waals surface area (Å²) in [6.07, 6.45) is 8.29. The Balaban J connectivity index is 0.000000914. The number of benzene rings is 2. The molecule has 33 heavy (non-hydrogen) atoms. The number of carbonyl (C=O) groups excluding carboxylic acids is 1. The van der Waals surface area contributed by atoms with Gasteiger partial charge in [-0.3, -0.25) is 4.79 Å². The van der Waals surface area contributed by atoms with Gasteiger partial charge in [-0.1, -0.05) is 84.9 Å². The maximum atomic E-state index is 13.5. The molecule has 4 rings (SSSR count). The quantitative estimate of drug-likeness (QED) is 0.528. The van der Waals surface area contributed by atoms with Crippen LogP contribution < -0.4 is 5.32 Å². The zero-order valence-corrected chi connectivity index (χ0v) is 22.3. The van der Waals surface area contributed by atoms with Crippen LogP contribution in [0, 0.1) is 0 Å². The van der Waals surface area contributed by atoms with Gasteiger partial charge in [-0.05, 0) is 60.2 Å². The lowest BCUT2D eigenvalue weighted by Gasteiger charge is -2.43. The van der Waals surface area contributed by atoms with E-state index in [1.165, 1.54) is 27.5 Å². The molecule has 0 aliphatic carbocycles. The van der Waals surface area contributed by atoms with E-state index in [9.17, 15) is 4.79 Å². The summed E-state index contributed by atoms with van der Waals surface area (Å²) in [7, 11) is 0. The molecular formula is C30H44N2O. The lowest BCUT2D eigenvalue weighted by Crippen LogP contribution is -2.50. The molecule has 0 spiro atoms. The third-order valence-electron chi connectivity index (χ3n) is 6.51. The number of rotatable bonds is 4. The average Bonchev–Trinajstić information content (AvgIpc) is 2.84. The molecule has 180 valence electrons. The van der Waals surface area contributed by atoms with E-state index in [0.29, 0.717) is 6.04 Å². The molecule has 3 nitrogen and oxygen atoms in total. The molecule has 0 saturated carbocycles. The Bertz CT molecular complexity index is 1020. The van der Waals surface area contributed by atoms with Gasteiger partial charge in [0.15, 0.2) is 0 Å². The van der Waals surface area contributed by atoms with E-state index in [1.807, 2.05) is 27.7 Å². The van der Waals surface area contributed by atoms with E-state index in [1.54, 1.807) is 0 Å². The Morgan fingerprint density at radius 2 is 1.76 bits per heavy atom. The van der Waals surface area contributed by atoms with E-state index in [4.69, 9.17) is 0 Å². The largest absolute Gasteiger partial charge is 0.385 e. The van der Waals surface area contributed by atoms with Crippen LogP contribution >= 0.6 is 0 Å². The monoisotopic (exact) mass is 448 g/mol. The molecule has 0 radical (unpaired) electrons. The van der Waals surface area contributed by atoms with Gasteiger partial charge in [-0.25, -0.2) is 0 Å². The summed E-state index contributed by atoms with van der Waals surface area (Å²) in [4.78, 5) is 15.6. The van der Waals surface area contributed by atoms with Crippen molar-refractivity contribution in [2.24, 2.45) is 0 Å². The van der Waals surface area contributed by atoms with Crippen molar-refractivity contribution < 1.29 is 4.79 Å². The fourth-order valence-electron chi connectivity index (χ4n) is 4.74. The summed E-state index contributed by atoms with van der Waals surface area (Å²) in [5.74, 6) is 0.181.